The molecule has 0 unspecified atom stereocenters. The molecule has 0 amide bonds. The molecule has 0 aromatic carbocycles. The molecule has 0 aliphatic carbocycles. The maximum Gasteiger partial charge on any atom is 0.115 e. The molecule has 0 saturated carbocycles. The van der Waals surface area contributed by atoms with Crippen LogP contribution in [0.15, 0.2) is 37.2 Å². The highest BCUT2D eigenvalue weighted by atomic mass is 14.8. The Morgan fingerprint density at radius 2 is 1.87 bits per heavy atom. The summed E-state index contributed by atoms with van der Waals surface area (Å²) < 4.78 is 0. The van der Waals surface area contributed by atoms with E-state index >= 15 is 0 Å². The average Bonchev–Trinajstić information content (AvgIpc) is 2.31. The zero-order valence-electron chi connectivity index (χ0n) is 8.30. The third-order valence-electron chi connectivity index (χ3n) is 2.19. The predicted molar refractivity (Wildman–Crippen MR) is 58.0 cm³/mol. The van der Waals surface area contributed by atoms with E-state index in [0.717, 1.165) is 23.1 Å². The molecule has 2 rings (SSSR count). The Kier molecular flexibility index (Phi) is 2.99. The van der Waals surface area contributed by atoms with Gasteiger partial charge in [-0.1, -0.05) is 0 Å². The van der Waals surface area contributed by atoms with Crippen molar-refractivity contribution in [1.29, 1.82) is 0 Å². The molecule has 0 aliphatic heterocycles. The van der Waals surface area contributed by atoms with Crippen molar-refractivity contribution in [2.24, 2.45) is 5.73 Å². The van der Waals surface area contributed by atoms with E-state index in [1.54, 1.807) is 18.6 Å². The maximum absolute atomic E-state index is 5.55. The first-order valence-electron chi connectivity index (χ1n) is 4.80. The van der Waals surface area contributed by atoms with Crippen LogP contribution in [0, 0.1) is 0 Å². The van der Waals surface area contributed by atoms with E-state index in [2.05, 4.69) is 15.0 Å². The number of nitrogens with zero attached hydrogens (tertiary/aromatic N) is 3. The SMILES string of the molecule is NCCc1cnccc1-c1cncnc1. The minimum atomic E-state index is 0.617. The molecule has 0 radical (unpaired) electrons. The summed E-state index contributed by atoms with van der Waals surface area (Å²) >= 11 is 0. The highest BCUT2D eigenvalue weighted by molar-refractivity contribution is 5.64. The molecular formula is C11H12N4. The first kappa shape index (κ1) is 9.73. The molecule has 4 nitrogen and oxygen atoms in total. The van der Waals surface area contributed by atoms with E-state index in [-0.39, 0.29) is 0 Å². The van der Waals surface area contributed by atoms with Crippen LogP contribution in [-0.2, 0) is 6.42 Å². The minimum absolute atomic E-state index is 0.617. The number of nitrogens with two attached hydrogens (primary N) is 1. The van der Waals surface area contributed by atoms with Crippen molar-refractivity contribution in [3.63, 3.8) is 0 Å². The summed E-state index contributed by atoms with van der Waals surface area (Å²) in [7, 11) is 0. The van der Waals surface area contributed by atoms with Gasteiger partial charge in [0.1, 0.15) is 6.33 Å². The lowest BCUT2D eigenvalue weighted by Crippen LogP contribution is -2.04. The largest absolute Gasteiger partial charge is 0.330 e. The van der Waals surface area contributed by atoms with Crippen LogP contribution >= 0.6 is 0 Å². The molecule has 4 heteroatoms. The third kappa shape index (κ3) is 2.16. The van der Waals surface area contributed by atoms with Gasteiger partial charge in [0, 0.05) is 30.4 Å². The molecule has 2 aromatic heterocycles. The predicted octanol–water partition coefficient (Wildman–Crippen LogP) is 1.04. The van der Waals surface area contributed by atoms with Gasteiger partial charge in [-0.3, -0.25) is 4.98 Å². The summed E-state index contributed by atoms with van der Waals surface area (Å²) in [5.74, 6) is 0. The lowest BCUT2D eigenvalue weighted by molar-refractivity contribution is 0.959. The van der Waals surface area contributed by atoms with Crippen LogP contribution in [0.25, 0.3) is 11.1 Å². The molecule has 0 bridgehead atoms. The summed E-state index contributed by atoms with van der Waals surface area (Å²) in [5.41, 5.74) is 8.79. The van der Waals surface area contributed by atoms with E-state index in [9.17, 15) is 0 Å². The maximum atomic E-state index is 5.55. The zero-order chi connectivity index (χ0) is 10.5. The first-order chi connectivity index (χ1) is 7.42. The van der Waals surface area contributed by atoms with Gasteiger partial charge in [-0.15, -0.1) is 0 Å². The van der Waals surface area contributed by atoms with Gasteiger partial charge >= 0.3 is 0 Å². The van der Waals surface area contributed by atoms with E-state index in [1.807, 2.05) is 12.3 Å². The van der Waals surface area contributed by atoms with Crippen LogP contribution in [-0.4, -0.2) is 21.5 Å². The van der Waals surface area contributed by atoms with E-state index in [4.69, 9.17) is 5.73 Å². The van der Waals surface area contributed by atoms with Crippen LogP contribution < -0.4 is 5.73 Å². The van der Waals surface area contributed by atoms with Gasteiger partial charge in [0.15, 0.2) is 0 Å². The molecule has 0 aliphatic rings. The average molecular weight is 200 g/mol. The Bertz CT molecular complexity index is 428. The highest BCUT2D eigenvalue weighted by Crippen LogP contribution is 2.21. The number of aromatic nitrogens is 3. The minimum Gasteiger partial charge on any atom is -0.330 e. The Balaban J connectivity index is 2.43. The van der Waals surface area contributed by atoms with Gasteiger partial charge in [0.25, 0.3) is 0 Å². The standard InChI is InChI=1S/C11H12N4/c12-3-1-9-5-13-4-2-11(9)10-6-14-8-15-7-10/h2,4-8H,1,3,12H2. The summed E-state index contributed by atoms with van der Waals surface area (Å²) in [6.07, 6.45) is 9.54. The number of rotatable bonds is 3. The molecule has 0 saturated heterocycles. The third-order valence-corrected chi connectivity index (χ3v) is 2.19. The van der Waals surface area contributed by atoms with Crippen LogP contribution in [0.5, 0.6) is 0 Å². The van der Waals surface area contributed by atoms with E-state index in [1.165, 1.54) is 6.33 Å². The van der Waals surface area contributed by atoms with Gasteiger partial charge in [-0.2, -0.15) is 0 Å². The zero-order valence-corrected chi connectivity index (χ0v) is 8.30. The van der Waals surface area contributed by atoms with Crippen LogP contribution in [0.4, 0.5) is 0 Å². The molecule has 0 atom stereocenters. The van der Waals surface area contributed by atoms with Crippen molar-refractivity contribution in [3.05, 3.63) is 42.7 Å². The molecule has 15 heavy (non-hydrogen) atoms. The van der Waals surface area contributed by atoms with Gasteiger partial charge in [0.05, 0.1) is 0 Å². The van der Waals surface area contributed by atoms with E-state index in [0.29, 0.717) is 6.54 Å². The van der Waals surface area contributed by atoms with Crippen molar-refractivity contribution in [3.8, 4) is 11.1 Å². The summed E-state index contributed by atoms with van der Waals surface area (Å²) in [6, 6.07) is 1.96. The molecule has 2 N–H and O–H groups in total. The number of pyridine rings is 1. The van der Waals surface area contributed by atoms with E-state index < -0.39 is 0 Å². The monoisotopic (exact) mass is 200 g/mol. The van der Waals surface area contributed by atoms with Gasteiger partial charge < -0.3 is 5.73 Å². The van der Waals surface area contributed by atoms with Crippen molar-refractivity contribution < 1.29 is 0 Å². The van der Waals surface area contributed by atoms with Gasteiger partial charge in [-0.25, -0.2) is 9.97 Å². The normalized spacial score (nSPS) is 10.2. The second-order valence-electron chi connectivity index (χ2n) is 3.20. The number of hydrogen-bond acceptors (Lipinski definition) is 4. The van der Waals surface area contributed by atoms with Gasteiger partial charge in [-0.05, 0) is 30.2 Å². The lowest BCUT2D eigenvalue weighted by Gasteiger charge is -2.06. The summed E-state index contributed by atoms with van der Waals surface area (Å²) in [4.78, 5) is 12.1. The van der Waals surface area contributed by atoms with Crippen molar-refractivity contribution in [1.82, 2.24) is 15.0 Å². The van der Waals surface area contributed by atoms with Crippen LogP contribution in [0.1, 0.15) is 5.56 Å². The molecule has 0 fully saturated rings. The highest BCUT2D eigenvalue weighted by Gasteiger charge is 2.04. The van der Waals surface area contributed by atoms with Crippen LogP contribution in [0.3, 0.4) is 0 Å². The molecule has 2 heterocycles. The fourth-order valence-electron chi connectivity index (χ4n) is 1.50. The van der Waals surface area contributed by atoms with Crippen molar-refractivity contribution in [2.75, 3.05) is 6.54 Å². The Labute approximate surface area is 88.2 Å². The Morgan fingerprint density at radius 3 is 2.60 bits per heavy atom. The van der Waals surface area contributed by atoms with Crippen molar-refractivity contribution in [2.45, 2.75) is 6.42 Å². The first-order valence-corrected chi connectivity index (χ1v) is 4.80. The topological polar surface area (TPSA) is 64.7 Å². The Morgan fingerprint density at radius 1 is 1.07 bits per heavy atom. The lowest BCUT2D eigenvalue weighted by atomic mass is 10.0. The Hall–Kier alpha value is -1.81. The van der Waals surface area contributed by atoms with Crippen molar-refractivity contribution >= 4 is 0 Å². The molecular weight excluding hydrogens is 188 g/mol. The second-order valence-corrected chi connectivity index (χ2v) is 3.20. The molecule has 2 aromatic rings. The smallest absolute Gasteiger partial charge is 0.115 e. The second kappa shape index (κ2) is 4.61. The number of hydrogen-bond donors (Lipinski definition) is 1. The summed E-state index contributed by atoms with van der Waals surface area (Å²) in [5, 5.41) is 0. The fraction of sp³-hybridized carbons (Fsp3) is 0.182. The van der Waals surface area contributed by atoms with Gasteiger partial charge in [0.2, 0.25) is 0 Å². The molecule has 76 valence electrons. The molecule has 0 spiro atoms. The van der Waals surface area contributed by atoms with Crippen LogP contribution in [0.2, 0.25) is 0 Å². The fourth-order valence-corrected chi connectivity index (χ4v) is 1.50. The summed E-state index contributed by atoms with van der Waals surface area (Å²) in [6.45, 7) is 0.617. The quantitative estimate of drug-likeness (QED) is 0.804.